The Morgan fingerprint density at radius 1 is 1.22 bits per heavy atom. The molecule has 1 N–H and O–H groups in total. The summed E-state index contributed by atoms with van der Waals surface area (Å²) in [5.74, 6) is 0.516. The third-order valence-corrected chi connectivity index (χ3v) is 3.17. The standard InChI is InChI=1S/C14H14BrNO2/c1-18-14-4-2-3-12(16-14)13(17)9-10-5-7-11(15)8-6-10/h2-8,13,17H,9H2,1H3. The molecule has 0 aliphatic rings. The number of hydrogen-bond acceptors (Lipinski definition) is 3. The third kappa shape index (κ3) is 3.31. The summed E-state index contributed by atoms with van der Waals surface area (Å²) in [5, 5.41) is 10.1. The fourth-order valence-corrected chi connectivity index (χ4v) is 1.94. The fourth-order valence-electron chi connectivity index (χ4n) is 1.68. The zero-order chi connectivity index (χ0) is 13.0. The van der Waals surface area contributed by atoms with Gasteiger partial charge in [0, 0.05) is 17.0 Å². The molecule has 0 fully saturated rings. The minimum atomic E-state index is -0.624. The molecule has 18 heavy (non-hydrogen) atoms. The van der Waals surface area contributed by atoms with Crippen LogP contribution in [-0.4, -0.2) is 17.2 Å². The zero-order valence-corrected chi connectivity index (χ0v) is 11.6. The van der Waals surface area contributed by atoms with E-state index in [-0.39, 0.29) is 0 Å². The minimum absolute atomic E-state index is 0.516. The van der Waals surface area contributed by atoms with E-state index in [0.29, 0.717) is 18.0 Å². The molecule has 94 valence electrons. The molecule has 0 radical (unpaired) electrons. The lowest BCUT2D eigenvalue weighted by atomic mass is 10.1. The molecule has 0 saturated carbocycles. The number of hydrogen-bond donors (Lipinski definition) is 1. The first-order valence-electron chi connectivity index (χ1n) is 5.62. The highest BCUT2D eigenvalue weighted by Crippen LogP contribution is 2.20. The van der Waals surface area contributed by atoms with Gasteiger partial charge < -0.3 is 9.84 Å². The summed E-state index contributed by atoms with van der Waals surface area (Å²) in [6.07, 6.45) is -0.0887. The number of halogens is 1. The molecule has 2 rings (SSSR count). The molecular formula is C14H14BrNO2. The summed E-state index contributed by atoms with van der Waals surface area (Å²) in [6, 6.07) is 13.3. The number of aliphatic hydroxyl groups excluding tert-OH is 1. The van der Waals surface area contributed by atoms with Crippen LogP contribution in [0.1, 0.15) is 17.4 Å². The topological polar surface area (TPSA) is 42.4 Å². The molecule has 1 aromatic carbocycles. The second-order valence-electron chi connectivity index (χ2n) is 3.95. The Morgan fingerprint density at radius 2 is 1.94 bits per heavy atom. The minimum Gasteiger partial charge on any atom is -0.481 e. The zero-order valence-electron chi connectivity index (χ0n) is 10.0. The first-order valence-corrected chi connectivity index (χ1v) is 6.42. The van der Waals surface area contributed by atoms with Gasteiger partial charge in [-0.2, -0.15) is 0 Å². The largest absolute Gasteiger partial charge is 0.481 e. The Balaban J connectivity index is 2.11. The Hall–Kier alpha value is -1.39. The molecule has 0 aliphatic carbocycles. The lowest BCUT2D eigenvalue weighted by molar-refractivity contribution is 0.172. The monoisotopic (exact) mass is 307 g/mol. The summed E-state index contributed by atoms with van der Waals surface area (Å²) in [5.41, 5.74) is 1.69. The summed E-state index contributed by atoms with van der Waals surface area (Å²) in [7, 11) is 1.56. The molecule has 4 heteroatoms. The van der Waals surface area contributed by atoms with Crippen LogP contribution < -0.4 is 4.74 Å². The Kier molecular flexibility index (Phi) is 4.33. The van der Waals surface area contributed by atoms with Crippen molar-refractivity contribution in [3.05, 3.63) is 58.2 Å². The van der Waals surface area contributed by atoms with Crippen molar-refractivity contribution in [1.29, 1.82) is 0 Å². The van der Waals surface area contributed by atoms with Gasteiger partial charge in [0.05, 0.1) is 12.8 Å². The average molecular weight is 308 g/mol. The number of aromatic nitrogens is 1. The van der Waals surface area contributed by atoms with Gasteiger partial charge in [0.15, 0.2) is 0 Å². The number of ether oxygens (including phenoxy) is 1. The normalized spacial score (nSPS) is 12.2. The van der Waals surface area contributed by atoms with Crippen LogP contribution in [0.2, 0.25) is 0 Å². The van der Waals surface area contributed by atoms with Crippen LogP contribution in [0, 0.1) is 0 Å². The van der Waals surface area contributed by atoms with Gasteiger partial charge in [-0.25, -0.2) is 4.98 Å². The van der Waals surface area contributed by atoms with E-state index in [4.69, 9.17) is 4.74 Å². The second kappa shape index (κ2) is 5.98. The lowest BCUT2D eigenvalue weighted by Crippen LogP contribution is -2.04. The fraction of sp³-hybridized carbons (Fsp3) is 0.214. The molecule has 0 amide bonds. The molecule has 0 aliphatic heterocycles. The van der Waals surface area contributed by atoms with Crippen LogP contribution in [0.4, 0.5) is 0 Å². The van der Waals surface area contributed by atoms with E-state index >= 15 is 0 Å². The summed E-state index contributed by atoms with van der Waals surface area (Å²) in [4.78, 5) is 4.22. The number of rotatable bonds is 4. The maximum absolute atomic E-state index is 10.1. The number of nitrogens with zero attached hydrogens (tertiary/aromatic N) is 1. The third-order valence-electron chi connectivity index (χ3n) is 2.64. The SMILES string of the molecule is COc1cccc(C(O)Cc2ccc(Br)cc2)n1. The predicted octanol–water partition coefficient (Wildman–Crippen LogP) is 3.13. The van der Waals surface area contributed by atoms with Crippen molar-refractivity contribution in [1.82, 2.24) is 4.98 Å². The highest BCUT2D eigenvalue weighted by atomic mass is 79.9. The van der Waals surface area contributed by atoms with Crippen molar-refractivity contribution in [3.63, 3.8) is 0 Å². The molecule has 2 aromatic rings. The molecule has 0 spiro atoms. The van der Waals surface area contributed by atoms with Gasteiger partial charge in [0.2, 0.25) is 5.88 Å². The molecule has 1 atom stereocenters. The van der Waals surface area contributed by atoms with Gasteiger partial charge in [0.1, 0.15) is 6.10 Å². The van der Waals surface area contributed by atoms with Crippen LogP contribution >= 0.6 is 15.9 Å². The molecule has 1 unspecified atom stereocenters. The van der Waals surface area contributed by atoms with E-state index in [1.54, 1.807) is 19.2 Å². The molecule has 3 nitrogen and oxygen atoms in total. The van der Waals surface area contributed by atoms with E-state index in [1.807, 2.05) is 30.3 Å². The Bertz CT molecular complexity index is 513. The Labute approximate surface area is 115 Å². The van der Waals surface area contributed by atoms with Crippen LogP contribution in [-0.2, 0) is 6.42 Å². The lowest BCUT2D eigenvalue weighted by Gasteiger charge is -2.11. The van der Waals surface area contributed by atoms with Crippen LogP contribution in [0.15, 0.2) is 46.9 Å². The van der Waals surface area contributed by atoms with E-state index < -0.39 is 6.10 Å². The smallest absolute Gasteiger partial charge is 0.213 e. The van der Waals surface area contributed by atoms with Gasteiger partial charge in [-0.3, -0.25) is 0 Å². The van der Waals surface area contributed by atoms with E-state index in [9.17, 15) is 5.11 Å². The predicted molar refractivity (Wildman–Crippen MR) is 73.6 cm³/mol. The quantitative estimate of drug-likeness (QED) is 0.943. The molecule has 1 heterocycles. The van der Waals surface area contributed by atoms with Crippen LogP contribution in [0.25, 0.3) is 0 Å². The van der Waals surface area contributed by atoms with Crippen molar-refractivity contribution in [2.75, 3.05) is 7.11 Å². The van der Waals surface area contributed by atoms with E-state index in [1.165, 1.54) is 0 Å². The van der Waals surface area contributed by atoms with Gasteiger partial charge in [-0.05, 0) is 23.8 Å². The van der Waals surface area contributed by atoms with Gasteiger partial charge in [-0.15, -0.1) is 0 Å². The summed E-state index contributed by atoms with van der Waals surface area (Å²) < 4.78 is 6.07. The van der Waals surface area contributed by atoms with Gasteiger partial charge in [0.25, 0.3) is 0 Å². The van der Waals surface area contributed by atoms with Crippen LogP contribution in [0.3, 0.4) is 0 Å². The maximum atomic E-state index is 10.1. The average Bonchev–Trinajstić information content (AvgIpc) is 2.41. The highest BCUT2D eigenvalue weighted by Gasteiger charge is 2.10. The Morgan fingerprint density at radius 3 is 2.61 bits per heavy atom. The van der Waals surface area contributed by atoms with E-state index in [0.717, 1.165) is 10.0 Å². The highest BCUT2D eigenvalue weighted by molar-refractivity contribution is 9.10. The van der Waals surface area contributed by atoms with Crippen molar-refractivity contribution in [3.8, 4) is 5.88 Å². The van der Waals surface area contributed by atoms with E-state index in [2.05, 4.69) is 20.9 Å². The van der Waals surface area contributed by atoms with Crippen LogP contribution in [0.5, 0.6) is 5.88 Å². The van der Waals surface area contributed by atoms with Gasteiger partial charge in [-0.1, -0.05) is 34.1 Å². The molecule has 0 bridgehead atoms. The molecule has 0 saturated heterocycles. The number of benzene rings is 1. The van der Waals surface area contributed by atoms with Crippen molar-refractivity contribution in [2.24, 2.45) is 0 Å². The molecular weight excluding hydrogens is 294 g/mol. The van der Waals surface area contributed by atoms with Crippen molar-refractivity contribution in [2.45, 2.75) is 12.5 Å². The van der Waals surface area contributed by atoms with Gasteiger partial charge >= 0.3 is 0 Å². The maximum Gasteiger partial charge on any atom is 0.213 e. The number of pyridine rings is 1. The van der Waals surface area contributed by atoms with Crippen molar-refractivity contribution >= 4 is 15.9 Å². The summed E-state index contributed by atoms with van der Waals surface area (Å²) >= 11 is 3.38. The molecule has 1 aromatic heterocycles. The van der Waals surface area contributed by atoms with Crippen molar-refractivity contribution < 1.29 is 9.84 Å². The second-order valence-corrected chi connectivity index (χ2v) is 4.87. The number of aliphatic hydroxyl groups is 1. The first-order chi connectivity index (χ1) is 8.69. The first kappa shape index (κ1) is 13.1. The summed E-state index contributed by atoms with van der Waals surface area (Å²) in [6.45, 7) is 0. The number of methoxy groups -OCH3 is 1.